The van der Waals surface area contributed by atoms with Gasteiger partial charge in [0.25, 0.3) is 5.91 Å². The number of amides is 1. The quantitative estimate of drug-likeness (QED) is 0.158. The summed E-state index contributed by atoms with van der Waals surface area (Å²) in [5.41, 5.74) is 12.1. The maximum Gasteiger partial charge on any atom is 0.255 e. The van der Waals surface area contributed by atoms with Crippen LogP contribution in [0.3, 0.4) is 0 Å². The highest BCUT2D eigenvalue weighted by atomic mass is 16.4. The minimum Gasteiger partial charge on any atom is -0.510 e. The van der Waals surface area contributed by atoms with Crippen molar-refractivity contribution < 1.29 is 34.8 Å². The lowest BCUT2D eigenvalue weighted by Gasteiger charge is -2.58. The van der Waals surface area contributed by atoms with E-state index in [2.05, 4.69) is 10.6 Å². The number of piperidine rings is 1. The summed E-state index contributed by atoms with van der Waals surface area (Å²) < 4.78 is 0. The van der Waals surface area contributed by atoms with Crippen molar-refractivity contribution in [3.05, 3.63) is 45.4 Å². The van der Waals surface area contributed by atoms with E-state index in [0.717, 1.165) is 32.5 Å². The highest BCUT2D eigenvalue weighted by Gasteiger charge is 2.72. The van der Waals surface area contributed by atoms with Gasteiger partial charge in [-0.1, -0.05) is 0 Å². The van der Waals surface area contributed by atoms with Crippen molar-refractivity contribution in [2.45, 2.75) is 54.9 Å². The number of nitrogens with zero attached hydrogens (tertiary/aromatic N) is 2. The number of carbonyl (C=O) groups is 3. The Labute approximate surface area is 255 Å². The van der Waals surface area contributed by atoms with E-state index in [1.807, 2.05) is 0 Å². The van der Waals surface area contributed by atoms with Gasteiger partial charge in [0, 0.05) is 31.9 Å². The predicted octanol–water partition coefficient (Wildman–Crippen LogP) is -1.56. The van der Waals surface area contributed by atoms with Gasteiger partial charge in [0.05, 0.1) is 28.3 Å². The van der Waals surface area contributed by atoms with Crippen LogP contribution in [0.1, 0.15) is 40.7 Å². The van der Waals surface area contributed by atoms with Crippen LogP contribution in [0, 0.1) is 5.92 Å². The minimum absolute atomic E-state index is 0.103. The van der Waals surface area contributed by atoms with E-state index in [9.17, 15) is 34.8 Å². The smallest absolute Gasteiger partial charge is 0.255 e. The second-order valence-electron chi connectivity index (χ2n) is 13.1. The lowest BCUT2D eigenvalue weighted by molar-refractivity contribution is -0.152. The maximum absolute atomic E-state index is 14.3. The number of hydrogen-bond donors (Lipinski definition) is 9. The van der Waals surface area contributed by atoms with E-state index in [4.69, 9.17) is 17.2 Å². The largest absolute Gasteiger partial charge is 0.510 e. The zero-order valence-electron chi connectivity index (χ0n) is 25.5. The van der Waals surface area contributed by atoms with E-state index >= 15 is 0 Å². The molecule has 44 heavy (non-hydrogen) atoms. The molecule has 1 unspecified atom stereocenters. The first kappa shape index (κ1) is 31.9. The Bertz CT molecular complexity index is 1500. The topological polar surface area (TPSA) is 241 Å². The monoisotopic (exact) mass is 613 g/mol. The Kier molecular flexibility index (Phi) is 7.84. The summed E-state index contributed by atoms with van der Waals surface area (Å²) in [6.45, 7) is 2.88. The zero-order chi connectivity index (χ0) is 32.5. The van der Waals surface area contributed by atoms with E-state index in [-0.39, 0.29) is 24.3 Å². The SMILES string of the molecule is CN(C)c1cc(CNCC2CCNCC2)c(O)c2c1C[C@@]1(N)C[C@@]3(N)C(N(C)C)C(O)=C(C(N)=O)C(=O)[C@@]3(O)C(O)=C1C2=O. The Morgan fingerprint density at radius 2 is 1.75 bits per heavy atom. The van der Waals surface area contributed by atoms with Crippen molar-refractivity contribution in [2.24, 2.45) is 23.1 Å². The first-order valence-electron chi connectivity index (χ1n) is 14.7. The molecule has 1 aromatic rings. The number of rotatable bonds is 7. The van der Waals surface area contributed by atoms with Gasteiger partial charge in [0.1, 0.15) is 22.8 Å². The number of aromatic hydroxyl groups is 1. The fourth-order valence-corrected chi connectivity index (χ4v) is 7.74. The van der Waals surface area contributed by atoms with Crippen LogP contribution in [0.5, 0.6) is 5.75 Å². The molecule has 1 heterocycles. The normalized spacial score (nSPS) is 30.8. The predicted molar refractivity (Wildman–Crippen MR) is 162 cm³/mol. The molecular weight excluding hydrogens is 570 g/mol. The number of benzene rings is 1. The molecular formula is C30H43N7O7. The molecule has 5 rings (SSSR count). The van der Waals surface area contributed by atoms with Crippen molar-refractivity contribution in [3.63, 3.8) is 0 Å². The lowest BCUT2D eigenvalue weighted by Crippen LogP contribution is -2.81. The Morgan fingerprint density at radius 3 is 2.32 bits per heavy atom. The number of nitrogens with one attached hydrogen (secondary N) is 2. The van der Waals surface area contributed by atoms with Crippen molar-refractivity contribution >= 4 is 23.2 Å². The van der Waals surface area contributed by atoms with Crippen LogP contribution in [-0.2, 0) is 22.6 Å². The van der Waals surface area contributed by atoms with Gasteiger partial charge in [-0.05, 0) is 77.0 Å². The number of fused-ring (bicyclic) bond motifs is 3. The zero-order valence-corrected chi connectivity index (χ0v) is 25.5. The van der Waals surface area contributed by atoms with Crippen LogP contribution in [0.15, 0.2) is 28.7 Å². The van der Waals surface area contributed by atoms with E-state index in [1.165, 1.54) is 19.0 Å². The number of phenolic OH excluding ortho intramolecular Hbond substituents is 1. The summed E-state index contributed by atoms with van der Waals surface area (Å²) in [5, 5.41) is 53.0. The summed E-state index contributed by atoms with van der Waals surface area (Å²) in [4.78, 5) is 43.5. The number of aliphatic hydroxyl groups is 3. The number of aliphatic hydroxyl groups excluding tert-OH is 2. The Morgan fingerprint density at radius 1 is 1.11 bits per heavy atom. The van der Waals surface area contributed by atoms with Gasteiger partial charge in [0.15, 0.2) is 5.78 Å². The van der Waals surface area contributed by atoms with Gasteiger partial charge >= 0.3 is 0 Å². The molecule has 12 N–H and O–H groups in total. The van der Waals surface area contributed by atoms with Gasteiger partial charge in [-0.25, -0.2) is 0 Å². The van der Waals surface area contributed by atoms with Crippen LogP contribution < -0.4 is 32.7 Å². The number of hydrogen-bond acceptors (Lipinski definition) is 13. The third-order valence-electron chi connectivity index (χ3n) is 9.78. The fraction of sp³-hybridized carbons (Fsp3) is 0.567. The standard InChI is InChI=1S/C30H43N7O7/c1-36(2)17-9-15(12-35-11-14-5-7-34-8-6-14)21(38)18-16(17)10-28(32)13-29(33)24(37(3)4)23(40)19(27(31)43)25(41)30(29,44)26(42)20(28)22(18)39/h9,14,24,34-35,38,40,42,44H,5-8,10-13,32-33H2,1-4H3,(H2,31,43)/t24?,28-,29-,30-/m1/s1. The van der Waals surface area contributed by atoms with Gasteiger partial charge in [-0.3, -0.25) is 19.3 Å². The van der Waals surface area contributed by atoms with Gasteiger partial charge in [-0.2, -0.15) is 0 Å². The number of phenols is 1. The van der Waals surface area contributed by atoms with Crippen LogP contribution in [0.4, 0.5) is 5.69 Å². The van der Waals surface area contributed by atoms with Crippen LogP contribution >= 0.6 is 0 Å². The second kappa shape index (κ2) is 10.8. The first-order valence-corrected chi connectivity index (χ1v) is 14.7. The fourth-order valence-electron chi connectivity index (χ4n) is 7.74. The molecule has 14 nitrogen and oxygen atoms in total. The number of Topliss-reactive ketones (excluding diaryl/α,β-unsaturated/α-hetero) is 2. The molecule has 0 radical (unpaired) electrons. The summed E-state index contributed by atoms with van der Waals surface area (Å²) in [5.74, 6) is -5.39. The van der Waals surface area contributed by atoms with E-state index in [1.54, 1.807) is 25.1 Å². The summed E-state index contributed by atoms with van der Waals surface area (Å²) in [6.07, 6.45) is 1.49. The molecule has 0 aromatic heterocycles. The molecule has 1 fully saturated rings. The number of anilines is 1. The summed E-state index contributed by atoms with van der Waals surface area (Å²) >= 11 is 0. The minimum atomic E-state index is -3.04. The molecule has 0 spiro atoms. The third-order valence-corrected chi connectivity index (χ3v) is 9.78. The molecule has 0 saturated carbocycles. The number of primary amides is 1. The van der Waals surface area contributed by atoms with Crippen LogP contribution in [-0.4, -0.2) is 113 Å². The molecule has 1 saturated heterocycles. The average molecular weight is 614 g/mol. The molecule has 4 aliphatic rings. The molecule has 1 aliphatic heterocycles. The molecule has 240 valence electrons. The number of ketones is 2. The van der Waals surface area contributed by atoms with Crippen molar-refractivity contribution in [1.82, 2.24) is 15.5 Å². The molecule has 4 atom stereocenters. The molecule has 1 amide bonds. The van der Waals surface area contributed by atoms with Crippen LogP contribution in [0.2, 0.25) is 0 Å². The molecule has 0 bridgehead atoms. The Hall–Kier alpha value is -3.53. The van der Waals surface area contributed by atoms with Crippen LogP contribution in [0.25, 0.3) is 0 Å². The molecule has 14 heteroatoms. The van der Waals surface area contributed by atoms with Gasteiger partial charge in [0.2, 0.25) is 11.4 Å². The average Bonchev–Trinajstić information content (AvgIpc) is 2.92. The number of carbonyl (C=O) groups excluding carboxylic acids is 3. The van der Waals surface area contributed by atoms with E-state index in [0.29, 0.717) is 22.7 Å². The maximum atomic E-state index is 14.3. The number of likely N-dealkylation sites (N-methyl/N-ethyl adjacent to an activating group) is 1. The van der Waals surface area contributed by atoms with Crippen molar-refractivity contribution in [2.75, 3.05) is 52.7 Å². The second-order valence-corrected chi connectivity index (χ2v) is 13.1. The Balaban J connectivity index is 1.66. The molecule has 1 aromatic carbocycles. The van der Waals surface area contributed by atoms with E-state index < -0.39 is 69.3 Å². The van der Waals surface area contributed by atoms with Crippen molar-refractivity contribution in [3.8, 4) is 5.75 Å². The van der Waals surface area contributed by atoms with Crippen molar-refractivity contribution in [1.29, 1.82) is 0 Å². The highest BCUT2D eigenvalue weighted by molar-refractivity contribution is 6.25. The highest BCUT2D eigenvalue weighted by Crippen LogP contribution is 2.55. The summed E-state index contributed by atoms with van der Waals surface area (Å²) in [7, 11) is 6.56. The van der Waals surface area contributed by atoms with Gasteiger partial charge in [-0.15, -0.1) is 0 Å². The molecule has 3 aliphatic carbocycles. The lowest BCUT2D eigenvalue weighted by atomic mass is 9.52. The first-order chi connectivity index (χ1) is 20.5. The van der Waals surface area contributed by atoms with Gasteiger partial charge < -0.3 is 53.2 Å². The third kappa shape index (κ3) is 4.43. The summed E-state index contributed by atoms with van der Waals surface area (Å²) in [6, 6.07) is 0.385. The number of nitrogens with two attached hydrogens (primary N) is 3.